The van der Waals surface area contributed by atoms with Crippen molar-refractivity contribution in [1.29, 1.82) is 0 Å². The van der Waals surface area contributed by atoms with Gasteiger partial charge in [-0.25, -0.2) is 0 Å². The standard InChI is InChI=1S/C9H21N3O/c1-7(2)11-8(10)12-9(3,4)5-6-13/h7,13H,5-6H2,1-4H3,(H3,10,11,12). The maximum atomic E-state index is 8.78. The molecular formula is C9H21N3O. The van der Waals surface area contributed by atoms with Crippen LogP contribution in [-0.4, -0.2) is 29.3 Å². The van der Waals surface area contributed by atoms with E-state index in [2.05, 4.69) is 10.3 Å². The fourth-order valence-electron chi connectivity index (χ4n) is 0.999. The van der Waals surface area contributed by atoms with Gasteiger partial charge in [-0.2, -0.15) is 0 Å². The van der Waals surface area contributed by atoms with Gasteiger partial charge in [0.2, 0.25) is 0 Å². The smallest absolute Gasteiger partial charge is 0.189 e. The molecule has 4 nitrogen and oxygen atoms in total. The normalized spacial score (nSPS) is 13.5. The Morgan fingerprint density at radius 1 is 1.54 bits per heavy atom. The number of hydrogen-bond donors (Lipinski definition) is 3. The van der Waals surface area contributed by atoms with Crippen molar-refractivity contribution in [3.8, 4) is 0 Å². The average molecular weight is 187 g/mol. The fourth-order valence-corrected chi connectivity index (χ4v) is 0.999. The lowest BCUT2D eigenvalue weighted by molar-refractivity contribution is 0.244. The van der Waals surface area contributed by atoms with Gasteiger partial charge in [0.25, 0.3) is 0 Å². The van der Waals surface area contributed by atoms with Crippen molar-refractivity contribution in [3.05, 3.63) is 0 Å². The lowest BCUT2D eigenvalue weighted by Gasteiger charge is -2.26. The van der Waals surface area contributed by atoms with Crippen LogP contribution < -0.4 is 11.1 Å². The van der Waals surface area contributed by atoms with Gasteiger partial charge in [0.05, 0.1) is 0 Å². The molecule has 0 aromatic rings. The third-order valence-corrected chi connectivity index (χ3v) is 1.60. The number of nitrogens with one attached hydrogen (secondary N) is 1. The Morgan fingerprint density at radius 3 is 2.46 bits per heavy atom. The molecule has 0 atom stereocenters. The predicted octanol–water partition coefficient (Wildman–Crippen LogP) is 0.460. The third-order valence-electron chi connectivity index (χ3n) is 1.60. The summed E-state index contributed by atoms with van der Waals surface area (Å²) in [5.74, 6) is 0.438. The highest BCUT2D eigenvalue weighted by molar-refractivity contribution is 5.78. The van der Waals surface area contributed by atoms with Gasteiger partial charge < -0.3 is 16.2 Å². The molecule has 0 saturated carbocycles. The minimum Gasteiger partial charge on any atom is -0.396 e. The molecule has 0 unspecified atom stereocenters. The number of nitrogens with zero attached hydrogens (tertiary/aromatic N) is 1. The van der Waals surface area contributed by atoms with E-state index in [0.717, 1.165) is 0 Å². The molecule has 13 heavy (non-hydrogen) atoms. The van der Waals surface area contributed by atoms with Gasteiger partial charge in [0.1, 0.15) is 0 Å². The summed E-state index contributed by atoms with van der Waals surface area (Å²) in [4.78, 5) is 4.15. The van der Waals surface area contributed by atoms with Crippen LogP contribution in [0.25, 0.3) is 0 Å². The topological polar surface area (TPSA) is 70.6 Å². The highest BCUT2D eigenvalue weighted by Crippen LogP contribution is 2.06. The molecule has 0 spiro atoms. The SMILES string of the molecule is CC(C)N=C(N)NC(C)(C)CCO. The Balaban J connectivity index is 4.10. The summed E-state index contributed by atoms with van der Waals surface area (Å²) in [5, 5.41) is 11.8. The molecule has 0 fully saturated rings. The molecule has 0 aromatic heterocycles. The number of hydrogen-bond acceptors (Lipinski definition) is 2. The molecule has 78 valence electrons. The van der Waals surface area contributed by atoms with Crippen LogP contribution in [0.5, 0.6) is 0 Å². The van der Waals surface area contributed by atoms with Crippen LogP contribution in [-0.2, 0) is 0 Å². The summed E-state index contributed by atoms with van der Waals surface area (Å²) in [6.07, 6.45) is 0.654. The second kappa shape index (κ2) is 5.07. The van der Waals surface area contributed by atoms with E-state index in [-0.39, 0.29) is 18.2 Å². The zero-order chi connectivity index (χ0) is 10.5. The summed E-state index contributed by atoms with van der Waals surface area (Å²) >= 11 is 0. The number of nitrogens with two attached hydrogens (primary N) is 1. The molecule has 0 amide bonds. The Hall–Kier alpha value is -0.770. The van der Waals surface area contributed by atoms with Gasteiger partial charge in [-0.05, 0) is 34.1 Å². The first-order valence-electron chi connectivity index (χ1n) is 4.59. The fraction of sp³-hybridized carbons (Fsp3) is 0.889. The Bertz CT molecular complexity index is 176. The second-order valence-corrected chi connectivity index (χ2v) is 4.09. The van der Waals surface area contributed by atoms with Crippen LogP contribution in [0.2, 0.25) is 0 Å². The summed E-state index contributed by atoms with van der Waals surface area (Å²) < 4.78 is 0. The van der Waals surface area contributed by atoms with E-state index < -0.39 is 0 Å². The van der Waals surface area contributed by atoms with Crippen LogP contribution in [0.15, 0.2) is 4.99 Å². The molecule has 4 N–H and O–H groups in total. The molecule has 0 heterocycles. The van der Waals surface area contributed by atoms with Crippen molar-refractivity contribution in [2.75, 3.05) is 6.61 Å². The lowest BCUT2D eigenvalue weighted by atomic mass is 10.0. The summed E-state index contributed by atoms with van der Waals surface area (Å²) in [7, 11) is 0. The molecular weight excluding hydrogens is 166 g/mol. The molecule has 0 radical (unpaired) electrons. The minimum absolute atomic E-state index is 0.148. The summed E-state index contributed by atoms with van der Waals surface area (Å²) in [6.45, 7) is 8.04. The van der Waals surface area contributed by atoms with E-state index in [0.29, 0.717) is 12.4 Å². The van der Waals surface area contributed by atoms with Crippen molar-refractivity contribution in [3.63, 3.8) is 0 Å². The van der Waals surface area contributed by atoms with Crippen LogP contribution in [0, 0.1) is 0 Å². The van der Waals surface area contributed by atoms with Gasteiger partial charge in [0.15, 0.2) is 5.96 Å². The van der Waals surface area contributed by atoms with Crippen LogP contribution in [0.1, 0.15) is 34.1 Å². The van der Waals surface area contributed by atoms with E-state index in [1.807, 2.05) is 27.7 Å². The number of aliphatic hydroxyl groups is 1. The van der Waals surface area contributed by atoms with Gasteiger partial charge in [0, 0.05) is 18.2 Å². The highest BCUT2D eigenvalue weighted by Gasteiger charge is 2.16. The summed E-state index contributed by atoms with van der Waals surface area (Å²) in [5.41, 5.74) is 5.45. The van der Waals surface area contributed by atoms with Crippen LogP contribution in [0.3, 0.4) is 0 Å². The average Bonchev–Trinajstić information content (AvgIpc) is 1.81. The maximum Gasteiger partial charge on any atom is 0.189 e. The van der Waals surface area contributed by atoms with Crippen LogP contribution in [0.4, 0.5) is 0 Å². The highest BCUT2D eigenvalue weighted by atomic mass is 16.3. The molecule has 0 aliphatic carbocycles. The molecule has 4 heteroatoms. The number of aliphatic hydroxyl groups excluding tert-OH is 1. The molecule has 0 rings (SSSR count). The first-order valence-corrected chi connectivity index (χ1v) is 4.59. The number of rotatable bonds is 4. The first-order chi connectivity index (χ1) is 5.87. The zero-order valence-corrected chi connectivity index (χ0v) is 8.96. The third kappa shape index (κ3) is 6.40. The minimum atomic E-state index is -0.197. The number of aliphatic imine (C=N–C) groups is 1. The van der Waals surface area contributed by atoms with Crippen molar-refractivity contribution < 1.29 is 5.11 Å². The van der Waals surface area contributed by atoms with Gasteiger partial charge in [-0.15, -0.1) is 0 Å². The Morgan fingerprint density at radius 2 is 2.08 bits per heavy atom. The Kier molecular flexibility index (Phi) is 4.77. The van der Waals surface area contributed by atoms with Crippen molar-refractivity contribution in [1.82, 2.24) is 5.32 Å². The van der Waals surface area contributed by atoms with Crippen molar-refractivity contribution in [2.24, 2.45) is 10.7 Å². The van der Waals surface area contributed by atoms with E-state index in [1.165, 1.54) is 0 Å². The molecule has 0 aromatic carbocycles. The number of guanidine groups is 1. The zero-order valence-electron chi connectivity index (χ0n) is 8.96. The van der Waals surface area contributed by atoms with Gasteiger partial charge in [-0.3, -0.25) is 4.99 Å². The largest absolute Gasteiger partial charge is 0.396 e. The predicted molar refractivity (Wildman–Crippen MR) is 55.7 cm³/mol. The second-order valence-electron chi connectivity index (χ2n) is 4.09. The van der Waals surface area contributed by atoms with E-state index in [9.17, 15) is 0 Å². The van der Waals surface area contributed by atoms with Crippen LogP contribution >= 0.6 is 0 Å². The molecule has 0 aliphatic heterocycles. The van der Waals surface area contributed by atoms with E-state index in [1.54, 1.807) is 0 Å². The first kappa shape index (κ1) is 12.2. The van der Waals surface area contributed by atoms with Crippen molar-refractivity contribution >= 4 is 5.96 Å². The molecule has 0 bridgehead atoms. The lowest BCUT2D eigenvalue weighted by Crippen LogP contribution is -2.48. The van der Waals surface area contributed by atoms with Crippen molar-refractivity contribution in [2.45, 2.75) is 45.7 Å². The maximum absolute atomic E-state index is 8.78. The molecule has 0 aliphatic rings. The van der Waals surface area contributed by atoms with E-state index in [4.69, 9.17) is 10.8 Å². The molecule has 0 saturated heterocycles. The van der Waals surface area contributed by atoms with Gasteiger partial charge in [-0.1, -0.05) is 0 Å². The van der Waals surface area contributed by atoms with Gasteiger partial charge >= 0.3 is 0 Å². The van der Waals surface area contributed by atoms with E-state index >= 15 is 0 Å². The monoisotopic (exact) mass is 187 g/mol. The quantitative estimate of drug-likeness (QED) is 0.442. The summed E-state index contributed by atoms with van der Waals surface area (Å²) in [6, 6.07) is 0.192. The Labute approximate surface area is 80.2 Å².